The molecule has 1 unspecified atom stereocenters. The van der Waals surface area contributed by atoms with Crippen LogP contribution in [0.3, 0.4) is 0 Å². The second kappa shape index (κ2) is 4.60. The van der Waals surface area contributed by atoms with E-state index in [0.29, 0.717) is 0 Å². The minimum Gasteiger partial charge on any atom is -0.400 e. The number of allylic oxidation sites excluding steroid dienone is 2. The Morgan fingerprint density at radius 3 is 2.15 bits per heavy atom. The molecule has 2 aliphatic rings. The van der Waals surface area contributed by atoms with E-state index in [4.69, 9.17) is 9.31 Å². The van der Waals surface area contributed by atoms with E-state index in [1.807, 2.05) is 27.7 Å². The summed E-state index contributed by atoms with van der Waals surface area (Å²) >= 11 is 0. The van der Waals surface area contributed by atoms with Crippen LogP contribution >= 0.6 is 0 Å². The summed E-state index contributed by atoms with van der Waals surface area (Å²) in [7, 11) is -0.880. The first-order valence-electron chi connectivity index (χ1n) is 6.57. The molecule has 1 heterocycles. The summed E-state index contributed by atoms with van der Waals surface area (Å²) in [5.74, 6) is -2.17. The lowest BCUT2D eigenvalue weighted by atomic mass is 9.70. The van der Waals surface area contributed by atoms with Crippen molar-refractivity contribution in [1.82, 2.24) is 0 Å². The molecule has 0 spiro atoms. The number of carbonyl (C=O) groups excluding carboxylic acids is 1. The molecule has 1 aliphatic heterocycles. The van der Waals surface area contributed by atoms with Gasteiger partial charge in [0.15, 0.2) is 0 Å². The summed E-state index contributed by atoms with van der Waals surface area (Å²) in [6.07, 6.45) is -3.86. The molecular weight excluding hydrogens is 272 g/mol. The van der Waals surface area contributed by atoms with Crippen LogP contribution in [-0.2, 0) is 14.1 Å². The maximum Gasteiger partial charge on any atom is 0.490 e. The molecule has 2 rings (SSSR count). The second-order valence-electron chi connectivity index (χ2n) is 6.40. The fourth-order valence-corrected chi connectivity index (χ4v) is 2.29. The summed E-state index contributed by atoms with van der Waals surface area (Å²) in [4.78, 5) is 11.6. The van der Waals surface area contributed by atoms with E-state index in [0.717, 1.165) is 6.08 Å². The molecule has 1 atom stereocenters. The highest BCUT2D eigenvalue weighted by molar-refractivity contribution is 6.55. The van der Waals surface area contributed by atoms with Gasteiger partial charge in [-0.05, 0) is 33.2 Å². The van der Waals surface area contributed by atoms with Gasteiger partial charge < -0.3 is 9.31 Å². The zero-order chi connectivity index (χ0) is 15.3. The third-order valence-electron chi connectivity index (χ3n) is 4.24. The van der Waals surface area contributed by atoms with Crippen molar-refractivity contribution in [2.75, 3.05) is 0 Å². The van der Waals surface area contributed by atoms with Crippen LogP contribution in [0, 0.1) is 5.92 Å². The van der Waals surface area contributed by atoms with Crippen molar-refractivity contribution in [2.24, 2.45) is 5.92 Å². The van der Waals surface area contributed by atoms with E-state index in [-0.39, 0.29) is 11.9 Å². The largest absolute Gasteiger partial charge is 0.490 e. The van der Waals surface area contributed by atoms with Crippen LogP contribution in [0.5, 0.6) is 0 Å². The molecule has 1 aliphatic carbocycles. The average Bonchev–Trinajstić information content (AvgIpc) is 2.46. The topological polar surface area (TPSA) is 35.5 Å². The molecule has 0 bridgehead atoms. The first-order valence-corrected chi connectivity index (χ1v) is 6.57. The van der Waals surface area contributed by atoms with E-state index in [2.05, 4.69) is 0 Å². The predicted octanol–water partition coefficient (Wildman–Crippen LogP) is 3.09. The van der Waals surface area contributed by atoms with E-state index >= 15 is 0 Å². The van der Waals surface area contributed by atoms with Crippen molar-refractivity contribution >= 4 is 12.9 Å². The first-order chi connectivity index (χ1) is 8.92. The van der Waals surface area contributed by atoms with E-state index in [1.54, 1.807) is 0 Å². The minimum atomic E-state index is -4.41. The lowest BCUT2D eigenvalue weighted by Gasteiger charge is -2.32. The SMILES string of the molecule is CC1(C)OB(C2=CC(C(F)(F)F)CC(=O)C2)OC1(C)C. The van der Waals surface area contributed by atoms with Crippen LogP contribution in [0.4, 0.5) is 13.2 Å². The zero-order valence-corrected chi connectivity index (χ0v) is 12.0. The molecule has 0 aromatic heterocycles. The molecule has 0 amide bonds. The van der Waals surface area contributed by atoms with Crippen molar-refractivity contribution < 1.29 is 27.3 Å². The van der Waals surface area contributed by atoms with Crippen molar-refractivity contribution in [3.8, 4) is 0 Å². The Bertz CT molecular complexity index is 438. The second-order valence-corrected chi connectivity index (χ2v) is 6.40. The Kier molecular flexibility index (Phi) is 3.58. The van der Waals surface area contributed by atoms with E-state index in [9.17, 15) is 18.0 Å². The number of hydrogen-bond donors (Lipinski definition) is 0. The summed E-state index contributed by atoms with van der Waals surface area (Å²) in [5, 5.41) is 0. The number of Topliss-reactive ketones (excluding diaryl/α,β-unsaturated/α-hetero) is 1. The van der Waals surface area contributed by atoms with E-state index in [1.165, 1.54) is 0 Å². The predicted molar refractivity (Wildman–Crippen MR) is 68.0 cm³/mol. The molecule has 1 saturated heterocycles. The summed E-state index contributed by atoms with van der Waals surface area (Å²) in [5.41, 5.74) is -0.985. The third-order valence-corrected chi connectivity index (χ3v) is 4.24. The van der Waals surface area contributed by atoms with Crippen molar-refractivity contribution in [3.05, 3.63) is 11.5 Å². The highest BCUT2D eigenvalue weighted by Gasteiger charge is 2.54. The summed E-state index contributed by atoms with van der Waals surface area (Å²) in [6, 6.07) is 0. The summed E-state index contributed by atoms with van der Waals surface area (Å²) < 4.78 is 49.8. The van der Waals surface area contributed by atoms with Crippen LogP contribution in [0.15, 0.2) is 11.5 Å². The van der Waals surface area contributed by atoms with Gasteiger partial charge in [0.2, 0.25) is 0 Å². The maximum atomic E-state index is 12.8. The van der Waals surface area contributed by atoms with Gasteiger partial charge in [-0.1, -0.05) is 6.08 Å². The van der Waals surface area contributed by atoms with Crippen molar-refractivity contribution in [3.63, 3.8) is 0 Å². The van der Waals surface area contributed by atoms with Crippen LogP contribution in [0.1, 0.15) is 40.5 Å². The molecule has 0 saturated carbocycles. The van der Waals surface area contributed by atoms with Gasteiger partial charge in [-0.25, -0.2) is 0 Å². The van der Waals surface area contributed by atoms with Gasteiger partial charge >= 0.3 is 13.3 Å². The molecule has 0 aromatic carbocycles. The lowest BCUT2D eigenvalue weighted by Crippen LogP contribution is -2.41. The number of hydrogen-bond acceptors (Lipinski definition) is 3. The summed E-state index contributed by atoms with van der Waals surface area (Å²) in [6.45, 7) is 7.28. The number of ketones is 1. The Morgan fingerprint density at radius 2 is 1.70 bits per heavy atom. The van der Waals surface area contributed by atoms with Gasteiger partial charge in [-0.2, -0.15) is 13.2 Å². The number of halogens is 3. The van der Waals surface area contributed by atoms with Crippen LogP contribution in [0.2, 0.25) is 0 Å². The number of rotatable bonds is 1. The van der Waals surface area contributed by atoms with Gasteiger partial charge in [0.25, 0.3) is 0 Å². The van der Waals surface area contributed by atoms with Crippen molar-refractivity contribution in [2.45, 2.75) is 57.9 Å². The minimum absolute atomic E-state index is 0.0383. The van der Waals surface area contributed by atoms with Gasteiger partial charge in [-0.15, -0.1) is 0 Å². The monoisotopic (exact) mass is 290 g/mol. The quantitative estimate of drug-likeness (QED) is 0.696. The fraction of sp³-hybridized carbons (Fsp3) is 0.769. The zero-order valence-electron chi connectivity index (χ0n) is 12.0. The van der Waals surface area contributed by atoms with Gasteiger partial charge in [0, 0.05) is 12.8 Å². The van der Waals surface area contributed by atoms with Crippen LogP contribution in [-0.4, -0.2) is 30.3 Å². The molecule has 3 nitrogen and oxygen atoms in total. The molecule has 0 N–H and O–H groups in total. The Balaban J connectivity index is 2.25. The van der Waals surface area contributed by atoms with Gasteiger partial charge in [0.1, 0.15) is 5.78 Å². The van der Waals surface area contributed by atoms with Crippen LogP contribution < -0.4 is 0 Å². The molecule has 0 aromatic rings. The first kappa shape index (κ1) is 15.6. The van der Waals surface area contributed by atoms with Crippen molar-refractivity contribution in [1.29, 1.82) is 0 Å². The maximum absolute atomic E-state index is 12.8. The molecule has 1 fully saturated rings. The normalized spacial score (nSPS) is 29.6. The van der Waals surface area contributed by atoms with E-state index < -0.39 is 42.6 Å². The number of carbonyl (C=O) groups is 1. The Labute approximate surface area is 116 Å². The highest BCUT2D eigenvalue weighted by Crippen LogP contribution is 2.42. The average molecular weight is 290 g/mol. The molecule has 0 radical (unpaired) electrons. The lowest BCUT2D eigenvalue weighted by molar-refractivity contribution is -0.167. The molecule has 20 heavy (non-hydrogen) atoms. The smallest absolute Gasteiger partial charge is 0.400 e. The number of alkyl halides is 3. The van der Waals surface area contributed by atoms with Crippen LogP contribution in [0.25, 0.3) is 0 Å². The molecule has 112 valence electrons. The Hall–Kier alpha value is -0.815. The molecular formula is C13H18BF3O3. The highest BCUT2D eigenvalue weighted by atomic mass is 19.4. The molecule has 7 heteroatoms. The fourth-order valence-electron chi connectivity index (χ4n) is 2.29. The standard InChI is InChI=1S/C13H18BF3O3/c1-11(2)12(3,4)20-14(19-11)9-5-8(13(15,16)17)6-10(18)7-9/h5,8H,6-7H2,1-4H3. The Morgan fingerprint density at radius 1 is 1.20 bits per heavy atom. The van der Waals surface area contributed by atoms with Gasteiger partial charge in [0.05, 0.1) is 17.1 Å². The third kappa shape index (κ3) is 2.79. The van der Waals surface area contributed by atoms with Gasteiger partial charge in [-0.3, -0.25) is 4.79 Å².